The molecule has 0 atom stereocenters. The molecule has 0 saturated heterocycles. The fourth-order valence-corrected chi connectivity index (χ4v) is 2.52. The van der Waals surface area contributed by atoms with Crippen LogP contribution in [0.3, 0.4) is 0 Å². The van der Waals surface area contributed by atoms with E-state index in [0.29, 0.717) is 6.54 Å². The highest BCUT2D eigenvalue weighted by atomic mass is 16.1. The normalized spacial score (nSPS) is 25.1. The number of hydrogen-bond acceptors (Lipinski definition) is 1. The van der Waals surface area contributed by atoms with Crippen molar-refractivity contribution >= 4 is 5.91 Å². The van der Waals surface area contributed by atoms with Gasteiger partial charge in [0.25, 0.3) is 0 Å². The molecule has 0 radical (unpaired) electrons. The van der Waals surface area contributed by atoms with E-state index in [4.69, 9.17) is 0 Å². The number of rotatable bonds is 6. The molecule has 0 aromatic carbocycles. The van der Waals surface area contributed by atoms with Crippen molar-refractivity contribution in [3.63, 3.8) is 0 Å². The fraction of sp³-hybridized carbons (Fsp3) is 0.786. The first-order chi connectivity index (χ1) is 7.77. The van der Waals surface area contributed by atoms with Gasteiger partial charge in [-0.05, 0) is 31.6 Å². The number of amides is 1. The van der Waals surface area contributed by atoms with Crippen LogP contribution in [0.2, 0.25) is 0 Å². The lowest BCUT2D eigenvalue weighted by atomic mass is 9.79. The van der Waals surface area contributed by atoms with E-state index < -0.39 is 0 Å². The Balaban J connectivity index is 2.20. The van der Waals surface area contributed by atoms with Gasteiger partial charge in [0.05, 0.1) is 0 Å². The molecule has 1 aliphatic carbocycles. The molecule has 92 valence electrons. The number of carbonyl (C=O) groups excluding carboxylic acids is 1. The Bertz CT molecular complexity index is 217. The first-order valence-electron chi connectivity index (χ1n) is 6.66. The predicted molar refractivity (Wildman–Crippen MR) is 68.2 cm³/mol. The zero-order valence-corrected chi connectivity index (χ0v) is 10.5. The number of nitrogens with one attached hydrogen (secondary N) is 1. The van der Waals surface area contributed by atoms with E-state index in [1.165, 1.54) is 32.1 Å². The van der Waals surface area contributed by atoms with E-state index in [-0.39, 0.29) is 11.8 Å². The van der Waals surface area contributed by atoms with E-state index in [2.05, 4.69) is 18.8 Å². The summed E-state index contributed by atoms with van der Waals surface area (Å²) in [5.41, 5.74) is 0. The van der Waals surface area contributed by atoms with Crippen molar-refractivity contribution in [3.8, 4) is 0 Å². The SMILES string of the molecule is C=CCNC(=O)C1CCC(CCCC)CC1. The summed E-state index contributed by atoms with van der Waals surface area (Å²) in [6.07, 6.45) is 10.4. The third kappa shape index (κ3) is 4.38. The minimum absolute atomic E-state index is 0.230. The second-order valence-corrected chi connectivity index (χ2v) is 4.89. The second kappa shape index (κ2) is 7.48. The van der Waals surface area contributed by atoms with E-state index in [9.17, 15) is 4.79 Å². The Hall–Kier alpha value is -0.790. The van der Waals surface area contributed by atoms with Gasteiger partial charge in [0, 0.05) is 12.5 Å². The summed E-state index contributed by atoms with van der Waals surface area (Å²) in [7, 11) is 0. The van der Waals surface area contributed by atoms with Crippen LogP contribution in [0, 0.1) is 11.8 Å². The van der Waals surface area contributed by atoms with E-state index in [0.717, 1.165) is 18.8 Å². The number of hydrogen-bond donors (Lipinski definition) is 1. The van der Waals surface area contributed by atoms with Crippen LogP contribution in [0.25, 0.3) is 0 Å². The maximum Gasteiger partial charge on any atom is 0.223 e. The minimum atomic E-state index is 0.230. The fourth-order valence-electron chi connectivity index (χ4n) is 2.52. The molecule has 1 aliphatic rings. The lowest BCUT2D eigenvalue weighted by Crippen LogP contribution is -2.33. The highest BCUT2D eigenvalue weighted by Gasteiger charge is 2.25. The third-order valence-corrected chi connectivity index (χ3v) is 3.60. The van der Waals surface area contributed by atoms with E-state index in [1.54, 1.807) is 6.08 Å². The Morgan fingerprint density at radius 3 is 2.62 bits per heavy atom. The average molecular weight is 223 g/mol. The first kappa shape index (κ1) is 13.3. The van der Waals surface area contributed by atoms with Crippen molar-refractivity contribution in [1.82, 2.24) is 5.32 Å². The van der Waals surface area contributed by atoms with Gasteiger partial charge in [0.15, 0.2) is 0 Å². The molecule has 1 fully saturated rings. The smallest absolute Gasteiger partial charge is 0.223 e. The van der Waals surface area contributed by atoms with Gasteiger partial charge >= 0.3 is 0 Å². The Morgan fingerprint density at radius 2 is 2.06 bits per heavy atom. The maximum absolute atomic E-state index is 11.7. The van der Waals surface area contributed by atoms with Crippen LogP contribution in [0.15, 0.2) is 12.7 Å². The monoisotopic (exact) mass is 223 g/mol. The lowest BCUT2D eigenvalue weighted by Gasteiger charge is -2.27. The van der Waals surface area contributed by atoms with E-state index in [1.807, 2.05) is 0 Å². The average Bonchev–Trinajstić information content (AvgIpc) is 2.34. The van der Waals surface area contributed by atoms with Crippen LogP contribution in [-0.4, -0.2) is 12.5 Å². The van der Waals surface area contributed by atoms with Crippen molar-refractivity contribution in [2.75, 3.05) is 6.54 Å². The summed E-state index contributed by atoms with van der Waals surface area (Å²) in [5.74, 6) is 1.37. The molecule has 0 bridgehead atoms. The van der Waals surface area contributed by atoms with Crippen molar-refractivity contribution < 1.29 is 4.79 Å². The van der Waals surface area contributed by atoms with Crippen LogP contribution in [0.4, 0.5) is 0 Å². The molecular formula is C14H25NO. The summed E-state index contributed by atoms with van der Waals surface area (Å²) < 4.78 is 0. The van der Waals surface area contributed by atoms with Crippen molar-refractivity contribution in [3.05, 3.63) is 12.7 Å². The molecule has 1 saturated carbocycles. The molecule has 0 aromatic rings. The highest BCUT2D eigenvalue weighted by Crippen LogP contribution is 2.31. The van der Waals surface area contributed by atoms with Crippen molar-refractivity contribution in [2.45, 2.75) is 51.9 Å². The first-order valence-corrected chi connectivity index (χ1v) is 6.66. The molecule has 1 amide bonds. The summed E-state index contributed by atoms with van der Waals surface area (Å²) >= 11 is 0. The van der Waals surface area contributed by atoms with Gasteiger partial charge in [-0.1, -0.05) is 32.3 Å². The number of unbranched alkanes of at least 4 members (excludes halogenated alkanes) is 1. The summed E-state index contributed by atoms with van der Waals surface area (Å²) in [4.78, 5) is 11.7. The standard InChI is InChI=1S/C14H25NO/c1-3-5-6-12-7-9-13(10-8-12)14(16)15-11-4-2/h4,12-13H,2-3,5-11H2,1H3,(H,15,16). The zero-order valence-electron chi connectivity index (χ0n) is 10.5. The van der Waals surface area contributed by atoms with Crippen LogP contribution in [0.1, 0.15) is 51.9 Å². The number of carbonyl (C=O) groups is 1. The zero-order chi connectivity index (χ0) is 11.8. The Kier molecular flexibility index (Phi) is 6.20. The van der Waals surface area contributed by atoms with Gasteiger partial charge in [-0.25, -0.2) is 0 Å². The van der Waals surface area contributed by atoms with Crippen LogP contribution >= 0.6 is 0 Å². The molecular weight excluding hydrogens is 198 g/mol. The molecule has 2 nitrogen and oxygen atoms in total. The van der Waals surface area contributed by atoms with Gasteiger partial charge in [-0.2, -0.15) is 0 Å². The topological polar surface area (TPSA) is 29.1 Å². The van der Waals surface area contributed by atoms with Gasteiger partial charge < -0.3 is 5.32 Å². The molecule has 16 heavy (non-hydrogen) atoms. The van der Waals surface area contributed by atoms with Crippen LogP contribution in [-0.2, 0) is 4.79 Å². The molecule has 1 rings (SSSR count). The second-order valence-electron chi connectivity index (χ2n) is 4.89. The van der Waals surface area contributed by atoms with E-state index >= 15 is 0 Å². The molecule has 0 aromatic heterocycles. The van der Waals surface area contributed by atoms with Gasteiger partial charge in [0.2, 0.25) is 5.91 Å². The molecule has 0 aliphatic heterocycles. The Labute approximate surface area is 99.5 Å². The van der Waals surface area contributed by atoms with Crippen LogP contribution < -0.4 is 5.32 Å². The Morgan fingerprint density at radius 1 is 1.38 bits per heavy atom. The minimum Gasteiger partial charge on any atom is -0.352 e. The third-order valence-electron chi connectivity index (χ3n) is 3.60. The molecule has 0 spiro atoms. The predicted octanol–water partition coefficient (Wildman–Crippen LogP) is 3.29. The lowest BCUT2D eigenvalue weighted by molar-refractivity contribution is -0.126. The summed E-state index contributed by atoms with van der Waals surface area (Å²) in [5, 5.41) is 2.90. The molecule has 2 heteroatoms. The van der Waals surface area contributed by atoms with Gasteiger partial charge in [-0.3, -0.25) is 4.79 Å². The summed E-state index contributed by atoms with van der Waals surface area (Å²) in [6.45, 7) is 6.46. The van der Waals surface area contributed by atoms with Crippen LogP contribution in [0.5, 0.6) is 0 Å². The highest BCUT2D eigenvalue weighted by molar-refractivity contribution is 5.78. The maximum atomic E-state index is 11.7. The van der Waals surface area contributed by atoms with Gasteiger partial charge in [0.1, 0.15) is 0 Å². The van der Waals surface area contributed by atoms with Crippen molar-refractivity contribution in [2.24, 2.45) is 11.8 Å². The largest absolute Gasteiger partial charge is 0.352 e. The van der Waals surface area contributed by atoms with Gasteiger partial charge in [-0.15, -0.1) is 6.58 Å². The molecule has 1 N–H and O–H groups in total. The van der Waals surface area contributed by atoms with Crippen molar-refractivity contribution in [1.29, 1.82) is 0 Å². The summed E-state index contributed by atoms with van der Waals surface area (Å²) in [6, 6.07) is 0. The molecule has 0 unspecified atom stereocenters. The quantitative estimate of drug-likeness (QED) is 0.688. The molecule has 0 heterocycles.